The number of esters is 1. The van der Waals surface area contributed by atoms with Gasteiger partial charge in [-0.2, -0.15) is 0 Å². The van der Waals surface area contributed by atoms with Gasteiger partial charge in [0.1, 0.15) is 5.56 Å². The van der Waals surface area contributed by atoms with Gasteiger partial charge in [-0.05, 0) is 11.4 Å². The van der Waals surface area contributed by atoms with E-state index in [4.69, 9.17) is 0 Å². The van der Waals surface area contributed by atoms with Crippen LogP contribution in [0.2, 0.25) is 0 Å². The Morgan fingerprint density at radius 1 is 1.75 bits per heavy atom. The fourth-order valence-electron chi connectivity index (χ4n) is 0.708. The minimum absolute atomic E-state index is 0.00694. The highest BCUT2D eigenvalue weighted by Crippen LogP contribution is 2.25. The lowest BCUT2D eigenvalue weighted by Gasteiger charge is -1.93. The van der Waals surface area contributed by atoms with Gasteiger partial charge in [-0.15, -0.1) is 0 Å². The standard InChI is InChI=1S/C6H5NO4S/c1-11-6(8)4-2-3-12-5(4)7(9)10/h2-3H,1H3. The molecule has 0 aliphatic rings. The third kappa shape index (κ3) is 1.42. The molecule has 1 rings (SSSR count). The van der Waals surface area contributed by atoms with Crippen LogP contribution in [0.25, 0.3) is 0 Å². The number of carbonyl (C=O) groups is 1. The van der Waals surface area contributed by atoms with Gasteiger partial charge in [0, 0.05) is 0 Å². The summed E-state index contributed by atoms with van der Waals surface area (Å²) in [5.41, 5.74) is 0.00694. The number of nitro groups is 1. The highest BCUT2D eigenvalue weighted by atomic mass is 32.1. The Balaban J connectivity index is 3.07. The summed E-state index contributed by atoms with van der Waals surface area (Å²) in [5, 5.41) is 11.6. The van der Waals surface area contributed by atoms with Crippen molar-refractivity contribution in [1.82, 2.24) is 0 Å². The quantitative estimate of drug-likeness (QED) is 0.399. The summed E-state index contributed by atoms with van der Waals surface area (Å²) < 4.78 is 4.35. The van der Waals surface area contributed by atoms with Gasteiger partial charge in [-0.3, -0.25) is 10.1 Å². The molecule has 1 aromatic rings. The predicted octanol–water partition coefficient (Wildman–Crippen LogP) is 1.44. The molecule has 64 valence electrons. The number of hydrogen-bond acceptors (Lipinski definition) is 5. The van der Waals surface area contributed by atoms with Gasteiger partial charge in [0.25, 0.3) is 0 Å². The zero-order valence-corrected chi connectivity index (χ0v) is 6.96. The van der Waals surface area contributed by atoms with E-state index in [-0.39, 0.29) is 10.6 Å². The van der Waals surface area contributed by atoms with Crippen molar-refractivity contribution in [3.05, 3.63) is 27.1 Å². The molecule has 6 heteroatoms. The van der Waals surface area contributed by atoms with Crippen LogP contribution in [0, 0.1) is 10.1 Å². The van der Waals surface area contributed by atoms with Crippen LogP contribution in [0.5, 0.6) is 0 Å². The first-order valence-corrected chi connectivity index (χ1v) is 3.85. The summed E-state index contributed by atoms with van der Waals surface area (Å²) >= 11 is 0.901. The topological polar surface area (TPSA) is 69.4 Å². The van der Waals surface area contributed by atoms with Crippen LogP contribution >= 0.6 is 11.3 Å². The van der Waals surface area contributed by atoms with Crippen molar-refractivity contribution >= 4 is 22.3 Å². The van der Waals surface area contributed by atoms with Crippen LogP contribution < -0.4 is 0 Å². The number of ether oxygens (including phenoxy) is 1. The summed E-state index contributed by atoms with van der Waals surface area (Å²) in [4.78, 5) is 20.6. The van der Waals surface area contributed by atoms with Gasteiger partial charge < -0.3 is 4.74 Å². The molecular weight excluding hydrogens is 182 g/mol. The molecule has 0 radical (unpaired) electrons. The number of rotatable bonds is 2. The average Bonchev–Trinajstić information content (AvgIpc) is 2.50. The summed E-state index contributed by atoms with van der Waals surface area (Å²) in [5.74, 6) is -0.678. The summed E-state index contributed by atoms with van der Waals surface area (Å²) in [6, 6.07) is 1.37. The Labute approximate surface area is 71.7 Å². The number of thiophene rings is 1. The Bertz CT molecular complexity index is 319. The van der Waals surface area contributed by atoms with E-state index in [9.17, 15) is 14.9 Å². The van der Waals surface area contributed by atoms with Gasteiger partial charge in [0.2, 0.25) is 0 Å². The van der Waals surface area contributed by atoms with Gasteiger partial charge >= 0.3 is 11.0 Å². The first-order valence-electron chi connectivity index (χ1n) is 2.97. The molecule has 0 saturated carbocycles. The van der Waals surface area contributed by atoms with Gasteiger partial charge in [-0.1, -0.05) is 11.3 Å². The lowest BCUT2D eigenvalue weighted by Crippen LogP contribution is -2.02. The molecule has 0 aliphatic carbocycles. The van der Waals surface area contributed by atoms with E-state index in [1.54, 1.807) is 0 Å². The van der Waals surface area contributed by atoms with Crippen molar-refractivity contribution in [2.24, 2.45) is 0 Å². The van der Waals surface area contributed by atoms with Crippen molar-refractivity contribution in [2.75, 3.05) is 7.11 Å². The van der Waals surface area contributed by atoms with E-state index in [1.165, 1.54) is 18.6 Å². The minimum Gasteiger partial charge on any atom is -0.465 e. The number of nitrogens with zero attached hydrogens (tertiary/aromatic N) is 1. The molecule has 0 aromatic carbocycles. The van der Waals surface area contributed by atoms with Crippen molar-refractivity contribution < 1.29 is 14.5 Å². The smallest absolute Gasteiger partial charge is 0.345 e. The Morgan fingerprint density at radius 2 is 2.42 bits per heavy atom. The molecule has 5 nitrogen and oxygen atoms in total. The second-order valence-corrected chi connectivity index (χ2v) is 2.78. The highest BCUT2D eigenvalue weighted by Gasteiger charge is 2.21. The van der Waals surface area contributed by atoms with E-state index in [0.717, 1.165) is 11.3 Å². The zero-order valence-electron chi connectivity index (χ0n) is 6.14. The van der Waals surface area contributed by atoms with Crippen molar-refractivity contribution in [2.45, 2.75) is 0 Å². The summed E-state index contributed by atoms with van der Waals surface area (Å²) in [6.07, 6.45) is 0. The lowest BCUT2D eigenvalue weighted by molar-refractivity contribution is -0.380. The second kappa shape index (κ2) is 3.31. The maximum Gasteiger partial charge on any atom is 0.345 e. The van der Waals surface area contributed by atoms with Gasteiger partial charge in [0.15, 0.2) is 0 Å². The first kappa shape index (κ1) is 8.66. The van der Waals surface area contributed by atoms with Gasteiger partial charge in [0.05, 0.1) is 12.0 Å². The summed E-state index contributed by atoms with van der Waals surface area (Å²) in [6.45, 7) is 0. The van der Waals surface area contributed by atoms with Crippen molar-refractivity contribution in [1.29, 1.82) is 0 Å². The van der Waals surface area contributed by atoms with Crippen LogP contribution in [-0.4, -0.2) is 18.0 Å². The molecule has 12 heavy (non-hydrogen) atoms. The molecule has 0 N–H and O–H groups in total. The van der Waals surface area contributed by atoms with Crippen LogP contribution in [0.15, 0.2) is 11.4 Å². The van der Waals surface area contributed by atoms with E-state index < -0.39 is 10.9 Å². The highest BCUT2D eigenvalue weighted by molar-refractivity contribution is 7.13. The van der Waals surface area contributed by atoms with E-state index in [2.05, 4.69) is 4.74 Å². The average molecular weight is 187 g/mol. The first-order chi connectivity index (χ1) is 5.66. The molecule has 0 amide bonds. The molecule has 1 heterocycles. The molecule has 0 bridgehead atoms. The van der Waals surface area contributed by atoms with E-state index >= 15 is 0 Å². The Hall–Kier alpha value is -1.43. The SMILES string of the molecule is COC(=O)c1ccsc1[N+](=O)[O-]. The van der Waals surface area contributed by atoms with Crippen LogP contribution in [0.1, 0.15) is 10.4 Å². The second-order valence-electron chi connectivity index (χ2n) is 1.89. The molecule has 0 saturated heterocycles. The van der Waals surface area contributed by atoms with Gasteiger partial charge in [-0.25, -0.2) is 4.79 Å². The predicted molar refractivity (Wildman–Crippen MR) is 42.3 cm³/mol. The molecule has 0 spiro atoms. The van der Waals surface area contributed by atoms with Crippen LogP contribution in [0.4, 0.5) is 5.00 Å². The molecule has 0 aliphatic heterocycles. The Kier molecular flexibility index (Phi) is 2.39. The van der Waals surface area contributed by atoms with Crippen LogP contribution in [-0.2, 0) is 4.74 Å². The maximum atomic E-state index is 10.9. The fourth-order valence-corrected chi connectivity index (χ4v) is 1.41. The molecular formula is C6H5NO4S. The normalized spacial score (nSPS) is 9.42. The third-order valence-corrected chi connectivity index (χ3v) is 2.08. The third-order valence-electron chi connectivity index (χ3n) is 1.22. The minimum atomic E-state index is -0.678. The van der Waals surface area contributed by atoms with Crippen LogP contribution in [0.3, 0.4) is 0 Å². The van der Waals surface area contributed by atoms with Crippen molar-refractivity contribution in [3.63, 3.8) is 0 Å². The fraction of sp³-hybridized carbons (Fsp3) is 0.167. The number of methoxy groups -OCH3 is 1. The number of carbonyl (C=O) groups excluding carboxylic acids is 1. The Morgan fingerprint density at radius 3 is 2.92 bits per heavy atom. The molecule has 0 fully saturated rings. The van der Waals surface area contributed by atoms with E-state index in [0.29, 0.717) is 0 Å². The molecule has 0 atom stereocenters. The maximum absolute atomic E-state index is 10.9. The lowest BCUT2D eigenvalue weighted by atomic mass is 10.3. The monoisotopic (exact) mass is 187 g/mol. The number of hydrogen-bond donors (Lipinski definition) is 0. The molecule has 0 unspecified atom stereocenters. The summed E-state index contributed by atoms with van der Waals surface area (Å²) in [7, 11) is 1.18. The largest absolute Gasteiger partial charge is 0.465 e. The zero-order chi connectivity index (χ0) is 9.14. The molecule has 1 aromatic heterocycles. The van der Waals surface area contributed by atoms with E-state index in [1.807, 2.05) is 0 Å². The van der Waals surface area contributed by atoms with Crippen molar-refractivity contribution in [3.8, 4) is 0 Å².